The normalized spacial score (nSPS) is 12.7. The molecule has 1 aromatic carbocycles. The highest BCUT2D eigenvalue weighted by molar-refractivity contribution is 8.13. The first-order valence-electron chi connectivity index (χ1n) is 5.20. The third kappa shape index (κ3) is 2.50. The maximum Gasteiger partial charge on any atom is 0.180 e. The first-order chi connectivity index (χ1) is 8.22. The number of hydrogen-bond donors (Lipinski definition) is 2. The quantitative estimate of drug-likeness (QED) is 0.485. The van der Waals surface area contributed by atoms with Crippen molar-refractivity contribution in [3.63, 3.8) is 0 Å². The molecule has 1 aromatic heterocycles. The number of nitrogens with one attached hydrogen (secondary N) is 1. The van der Waals surface area contributed by atoms with E-state index in [0.717, 1.165) is 22.2 Å². The molecule has 5 heteroatoms. The maximum atomic E-state index is 5.55. The molecule has 0 bridgehead atoms. The Balaban J connectivity index is 2.39. The summed E-state index contributed by atoms with van der Waals surface area (Å²) in [4.78, 5) is 3.30. The average Bonchev–Trinajstić information content (AvgIpc) is 2.66. The van der Waals surface area contributed by atoms with Crippen molar-refractivity contribution in [2.75, 3.05) is 6.26 Å². The van der Waals surface area contributed by atoms with Crippen LogP contribution in [0, 0.1) is 6.92 Å². The lowest BCUT2D eigenvalue weighted by Crippen LogP contribution is -2.03. The molecule has 0 aliphatic rings. The van der Waals surface area contributed by atoms with E-state index in [0.29, 0.717) is 5.17 Å². The Hall–Kier alpha value is -1.75. The van der Waals surface area contributed by atoms with Gasteiger partial charge in [0.1, 0.15) is 0 Å². The maximum absolute atomic E-state index is 5.55. The number of thioether (sulfide) groups is 1. The van der Waals surface area contributed by atoms with Gasteiger partial charge in [-0.25, -0.2) is 0 Å². The molecule has 0 amide bonds. The highest BCUT2D eigenvalue weighted by atomic mass is 32.2. The number of hydrogen-bond acceptors (Lipinski definition) is 3. The van der Waals surface area contributed by atoms with E-state index >= 15 is 0 Å². The fraction of sp³-hybridized carbons (Fsp3) is 0.167. The van der Waals surface area contributed by atoms with E-state index in [1.54, 1.807) is 6.21 Å². The number of aryl methyl sites for hydroxylation is 1. The van der Waals surface area contributed by atoms with E-state index < -0.39 is 0 Å². The summed E-state index contributed by atoms with van der Waals surface area (Å²) >= 11 is 1.38. The lowest BCUT2D eigenvalue weighted by Gasteiger charge is -1.91. The Labute approximate surface area is 104 Å². The van der Waals surface area contributed by atoms with Crippen LogP contribution in [0.4, 0.5) is 0 Å². The Morgan fingerprint density at radius 1 is 1.41 bits per heavy atom. The van der Waals surface area contributed by atoms with Gasteiger partial charge in [0, 0.05) is 22.2 Å². The summed E-state index contributed by atoms with van der Waals surface area (Å²) in [6.45, 7) is 2.02. The predicted octanol–water partition coefficient (Wildman–Crippen LogP) is 2.49. The summed E-state index contributed by atoms with van der Waals surface area (Å²) < 4.78 is 0. The minimum absolute atomic E-state index is 0.457. The zero-order chi connectivity index (χ0) is 12.3. The van der Waals surface area contributed by atoms with Gasteiger partial charge in [-0.1, -0.05) is 30.0 Å². The van der Waals surface area contributed by atoms with E-state index in [1.807, 2.05) is 31.4 Å². The van der Waals surface area contributed by atoms with Gasteiger partial charge in [0.05, 0.1) is 6.21 Å². The van der Waals surface area contributed by atoms with Crippen molar-refractivity contribution in [3.8, 4) is 0 Å². The molecule has 2 rings (SSSR count). The standard InChI is InChI=1S/C12H14N4S/c1-8-10(7-14-16-12(13)17-2)9-5-3-4-6-11(9)15-8/h3-7,15H,1-2H3,(H2,13,16)/b14-7-. The van der Waals surface area contributed by atoms with Gasteiger partial charge < -0.3 is 10.7 Å². The summed E-state index contributed by atoms with van der Waals surface area (Å²) in [5.41, 5.74) is 8.79. The largest absolute Gasteiger partial charge is 0.377 e. The van der Waals surface area contributed by atoms with E-state index in [4.69, 9.17) is 5.73 Å². The molecule has 0 saturated heterocycles. The summed E-state index contributed by atoms with van der Waals surface area (Å²) in [6, 6.07) is 8.11. The van der Waals surface area contributed by atoms with Crippen LogP contribution in [0.25, 0.3) is 10.9 Å². The van der Waals surface area contributed by atoms with Crippen molar-refractivity contribution in [2.45, 2.75) is 6.92 Å². The van der Waals surface area contributed by atoms with E-state index in [-0.39, 0.29) is 0 Å². The number of H-pyrrole nitrogens is 1. The number of benzene rings is 1. The van der Waals surface area contributed by atoms with Crippen LogP contribution < -0.4 is 5.73 Å². The summed E-state index contributed by atoms with van der Waals surface area (Å²) in [6.07, 6.45) is 3.60. The van der Waals surface area contributed by atoms with Crippen molar-refractivity contribution >= 4 is 34.0 Å². The molecule has 2 aromatic rings. The van der Waals surface area contributed by atoms with Crippen molar-refractivity contribution in [3.05, 3.63) is 35.5 Å². The molecule has 4 nitrogen and oxygen atoms in total. The summed E-state index contributed by atoms with van der Waals surface area (Å²) in [5, 5.41) is 9.47. The summed E-state index contributed by atoms with van der Waals surface area (Å²) in [7, 11) is 0. The van der Waals surface area contributed by atoms with Crippen LogP contribution in [0.5, 0.6) is 0 Å². The predicted molar refractivity (Wildman–Crippen MR) is 75.8 cm³/mol. The molecule has 1 heterocycles. The van der Waals surface area contributed by atoms with Gasteiger partial charge in [-0.05, 0) is 19.2 Å². The van der Waals surface area contributed by atoms with Gasteiger partial charge in [0.25, 0.3) is 0 Å². The van der Waals surface area contributed by atoms with Crippen LogP contribution in [0.1, 0.15) is 11.3 Å². The first-order valence-corrected chi connectivity index (χ1v) is 6.42. The van der Waals surface area contributed by atoms with Gasteiger partial charge in [0.15, 0.2) is 5.17 Å². The Bertz CT molecular complexity index is 583. The number of nitrogens with two attached hydrogens (primary N) is 1. The van der Waals surface area contributed by atoms with E-state index in [2.05, 4.69) is 21.3 Å². The average molecular weight is 246 g/mol. The molecule has 0 fully saturated rings. The molecular weight excluding hydrogens is 232 g/mol. The number of aromatic amines is 1. The molecule has 88 valence electrons. The molecular formula is C12H14N4S. The fourth-order valence-electron chi connectivity index (χ4n) is 1.65. The monoisotopic (exact) mass is 246 g/mol. The van der Waals surface area contributed by atoms with Crippen LogP contribution >= 0.6 is 11.8 Å². The number of para-hydroxylation sites is 1. The Morgan fingerprint density at radius 2 is 2.18 bits per heavy atom. The van der Waals surface area contributed by atoms with Crippen LogP contribution in [-0.2, 0) is 0 Å². The number of fused-ring (bicyclic) bond motifs is 1. The molecule has 3 N–H and O–H groups in total. The second-order valence-electron chi connectivity index (χ2n) is 3.60. The summed E-state index contributed by atoms with van der Waals surface area (Å²) in [5.74, 6) is 0. The number of amidine groups is 1. The molecule has 17 heavy (non-hydrogen) atoms. The van der Waals surface area contributed by atoms with Gasteiger partial charge >= 0.3 is 0 Å². The Morgan fingerprint density at radius 3 is 2.94 bits per heavy atom. The van der Waals surface area contributed by atoms with Gasteiger partial charge in [0.2, 0.25) is 0 Å². The van der Waals surface area contributed by atoms with Crippen molar-refractivity contribution < 1.29 is 0 Å². The zero-order valence-electron chi connectivity index (χ0n) is 9.77. The van der Waals surface area contributed by atoms with Crippen LogP contribution in [0.3, 0.4) is 0 Å². The molecule has 0 aliphatic carbocycles. The van der Waals surface area contributed by atoms with Gasteiger partial charge in [-0.15, -0.1) is 5.10 Å². The van der Waals surface area contributed by atoms with Crippen LogP contribution in [0.15, 0.2) is 34.5 Å². The smallest absolute Gasteiger partial charge is 0.180 e. The SMILES string of the molecule is CS/C(N)=N/N=C\c1c(C)[nH]c2ccccc12. The first kappa shape index (κ1) is 11.7. The Kier molecular flexibility index (Phi) is 3.49. The molecule has 0 unspecified atom stereocenters. The lowest BCUT2D eigenvalue weighted by molar-refractivity contribution is 1.24. The molecule has 0 aliphatic heterocycles. The molecule has 0 atom stereocenters. The number of aromatic nitrogens is 1. The minimum Gasteiger partial charge on any atom is -0.377 e. The second kappa shape index (κ2) is 5.05. The zero-order valence-corrected chi connectivity index (χ0v) is 10.6. The van der Waals surface area contributed by atoms with Gasteiger partial charge in [-0.3, -0.25) is 0 Å². The minimum atomic E-state index is 0.457. The van der Waals surface area contributed by atoms with Crippen molar-refractivity contribution in [2.24, 2.45) is 15.9 Å². The second-order valence-corrected chi connectivity index (χ2v) is 4.42. The number of nitrogens with zero attached hydrogens (tertiary/aromatic N) is 2. The topological polar surface area (TPSA) is 66.5 Å². The highest BCUT2D eigenvalue weighted by Gasteiger charge is 2.04. The van der Waals surface area contributed by atoms with Crippen LogP contribution in [-0.4, -0.2) is 22.6 Å². The highest BCUT2D eigenvalue weighted by Crippen LogP contribution is 2.19. The third-order valence-corrected chi connectivity index (χ3v) is 3.00. The molecule has 0 spiro atoms. The molecule has 0 radical (unpaired) electrons. The van der Waals surface area contributed by atoms with Crippen molar-refractivity contribution in [1.82, 2.24) is 4.98 Å². The fourth-order valence-corrected chi connectivity index (χ4v) is 1.78. The molecule has 0 saturated carbocycles. The van der Waals surface area contributed by atoms with E-state index in [9.17, 15) is 0 Å². The lowest BCUT2D eigenvalue weighted by atomic mass is 10.1. The van der Waals surface area contributed by atoms with Crippen LogP contribution in [0.2, 0.25) is 0 Å². The number of rotatable bonds is 2. The third-order valence-electron chi connectivity index (χ3n) is 2.50. The van der Waals surface area contributed by atoms with Crippen molar-refractivity contribution in [1.29, 1.82) is 0 Å². The van der Waals surface area contributed by atoms with Gasteiger partial charge in [-0.2, -0.15) is 5.10 Å². The van der Waals surface area contributed by atoms with E-state index in [1.165, 1.54) is 11.8 Å².